The summed E-state index contributed by atoms with van der Waals surface area (Å²) in [7, 11) is 0. The Balaban J connectivity index is 2.35. The van der Waals surface area contributed by atoms with Crippen molar-refractivity contribution in [1.29, 1.82) is 0 Å². The molecule has 0 radical (unpaired) electrons. The highest BCUT2D eigenvalue weighted by Gasteiger charge is 1.89. The highest BCUT2D eigenvalue weighted by molar-refractivity contribution is 6.30. The molecular weight excluding hydrogens is 196 g/mol. The first kappa shape index (κ1) is 10.6. The van der Waals surface area contributed by atoms with Crippen molar-refractivity contribution in [1.82, 2.24) is 5.43 Å². The summed E-state index contributed by atoms with van der Waals surface area (Å²) in [4.78, 5) is 0. The van der Waals surface area contributed by atoms with E-state index in [2.05, 4.69) is 16.4 Å². The summed E-state index contributed by atoms with van der Waals surface area (Å²) in [5, 5.41) is 4.67. The van der Waals surface area contributed by atoms with E-state index in [0.29, 0.717) is 6.54 Å². The molecule has 0 aliphatic carbocycles. The fraction of sp³-hybridized carbons (Fsp3) is 0.182. The molecule has 0 saturated carbocycles. The summed E-state index contributed by atoms with van der Waals surface area (Å²) in [5.74, 6) is 2.43. The number of rotatable bonds is 4. The molecule has 0 unspecified atom stereocenters. The molecule has 1 aromatic carbocycles. The zero-order valence-corrected chi connectivity index (χ0v) is 8.46. The van der Waals surface area contributed by atoms with E-state index in [9.17, 15) is 0 Å². The first-order valence-corrected chi connectivity index (χ1v) is 4.63. The van der Waals surface area contributed by atoms with Gasteiger partial charge in [0.05, 0.1) is 6.54 Å². The third-order valence-electron chi connectivity index (χ3n) is 1.60. The molecule has 1 rings (SSSR count). The Bertz CT molecular complexity index is 335. The highest BCUT2D eigenvalue weighted by Crippen LogP contribution is 2.08. The second kappa shape index (κ2) is 6.06. The molecule has 0 aliphatic rings. The summed E-state index contributed by atoms with van der Waals surface area (Å²) in [5.41, 5.74) is 3.89. The van der Waals surface area contributed by atoms with Crippen LogP contribution in [0.15, 0.2) is 29.4 Å². The van der Waals surface area contributed by atoms with Crippen molar-refractivity contribution in [2.75, 3.05) is 6.54 Å². The van der Waals surface area contributed by atoms with Crippen LogP contribution >= 0.6 is 11.6 Å². The number of halogens is 1. The molecule has 0 heterocycles. The van der Waals surface area contributed by atoms with Gasteiger partial charge in [0.1, 0.15) is 0 Å². The van der Waals surface area contributed by atoms with Gasteiger partial charge in [0.15, 0.2) is 0 Å². The van der Waals surface area contributed by atoms with Gasteiger partial charge in [-0.2, -0.15) is 5.10 Å². The summed E-state index contributed by atoms with van der Waals surface area (Å²) >= 11 is 5.75. The van der Waals surface area contributed by atoms with Crippen LogP contribution in [0.4, 0.5) is 0 Å². The number of terminal acetylenes is 1. The Morgan fingerprint density at radius 1 is 1.43 bits per heavy atom. The lowest BCUT2D eigenvalue weighted by Gasteiger charge is -1.96. The van der Waals surface area contributed by atoms with Crippen LogP contribution in [0.3, 0.4) is 0 Å². The van der Waals surface area contributed by atoms with Crippen LogP contribution in [-0.2, 0) is 6.42 Å². The minimum atomic E-state index is 0.455. The second-order valence-electron chi connectivity index (χ2n) is 2.68. The number of nitrogens with zero attached hydrogens (tertiary/aromatic N) is 1. The maximum atomic E-state index is 5.75. The Morgan fingerprint density at radius 3 is 2.79 bits per heavy atom. The lowest BCUT2D eigenvalue weighted by atomic mass is 10.2. The average molecular weight is 207 g/mol. The van der Waals surface area contributed by atoms with Gasteiger partial charge in [0.2, 0.25) is 0 Å². The van der Waals surface area contributed by atoms with Gasteiger partial charge in [-0.3, -0.25) is 5.43 Å². The first-order valence-electron chi connectivity index (χ1n) is 4.25. The van der Waals surface area contributed by atoms with E-state index in [1.807, 2.05) is 24.3 Å². The zero-order valence-electron chi connectivity index (χ0n) is 7.70. The van der Waals surface area contributed by atoms with Crippen molar-refractivity contribution in [3.8, 4) is 12.3 Å². The number of benzene rings is 1. The summed E-state index contributed by atoms with van der Waals surface area (Å²) in [6.45, 7) is 0.455. The zero-order chi connectivity index (χ0) is 10.2. The molecule has 3 heteroatoms. The Kier molecular flexibility index (Phi) is 4.60. The largest absolute Gasteiger partial charge is 0.298 e. The van der Waals surface area contributed by atoms with E-state index in [4.69, 9.17) is 18.0 Å². The first-order chi connectivity index (χ1) is 6.83. The minimum absolute atomic E-state index is 0.455. The fourth-order valence-corrected chi connectivity index (χ4v) is 1.05. The van der Waals surface area contributed by atoms with Crippen molar-refractivity contribution in [2.45, 2.75) is 6.42 Å². The second-order valence-corrected chi connectivity index (χ2v) is 3.12. The molecule has 0 aliphatic heterocycles. The van der Waals surface area contributed by atoms with E-state index in [-0.39, 0.29) is 0 Å². The van der Waals surface area contributed by atoms with E-state index in [1.54, 1.807) is 6.21 Å². The maximum absolute atomic E-state index is 5.75. The van der Waals surface area contributed by atoms with Crippen molar-refractivity contribution in [3.63, 3.8) is 0 Å². The van der Waals surface area contributed by atoms with Gasteiger partial charge in [0, 0.05) is 17.7 Å². The topological polar surface area (TPSA) is 24.4 Å². The van der Waals surface area contributed by atoms with E-state index < -0.39 is 0 Å². The van der Waals surface area contributed by atoms with Gasteiger partial charge in [-0.05, 0) is 17.7 Å². The number of hydrazone groups is 1. The molecule has 0 bridgehead atoms. The van der Waals surface area contributed by atoms with Crippen molar-refractivity contribution >= 4 is 17.8 Å². The smallest absolute Gasteiger partial charge is 0.0935 e. The van der Waals surface area contributed by atoms with Crippen LogP contribution in [0, 0.1) is 12.3 Å². The number of hydrogen-bond donors (Lipinski definition) is 1. The lowest BCUT2D eigenvalue weighted by Crippen LogP contribution is -2.05. The number of hydrogen-bond acceptors (Lipinski definition) is 2. The quantitative estimate of drug-likeness (QED) is 0.347. The predicted molar refractivity (Wildman–Crippen MR) is 60.5 cm³/mol. The standard InChI is InChI=1S/C11H11ClN2/c1-2-8-13-14-9-7-10-3-5-11(12)6-4-10/h1,3-6,9,13H,7-8H2/b14-9+. The van der Waals surface area contributed by atoms with Crippen molar-refractivity contribution in [3.05, 3.63) is 34.9 Å². The van der Waals surface area contributed by atoms with Gasteiger partial charge in [0.25, 0.3) is 0 Å². The molecule has 0 fully saturated rings. The molecule has 1 aromatic rings. The molecule has 0 spiro atoms. The Labute approximate surface area is 89.0 Å². The van der Waals surface area contributed by atoms with Crippen LogP contribution in [-0.4, -0.2) is 12.8 Å². The molecule has 1 N–H and O–H groups in total. The van der Waals surface area contributed by atoms with E-state index in [1.165, 1.54) is 5.56 Å². The van der Waals surface area contributed by atoms with E-state index >= 15 is 0 Å². The average Bonchev–Trinajstić information content (AvgIpc) is 2.21. The molecule has 0 aromatic heterocycles. The molecule has 72 valence electrons. The third-order valence-corrected chi connectivity index (χ3v) is 1.86. The lowest BCUT2D eigenvalue weighted by molar-refractivity contribution is 0.841. The van der Waals surface area contributed by atoms with Crippen molar-refractivity contribution in [2.24, 2.45) is 5.10 Å². The number of nitrogens with one attached hydrogen (secondary N) is 1. The van der Waals surface area contributed by atoms with Gasteiger partial charge < -0.3 is 0 Å². The highest BCUT2D eigenvalue weighted by atomic mass is 35.5. The normalized spacial score (nSPS) is 10.0. The Hall–Kier alpha value is -1.46. The predicted octanol–water partition coefficient (Wildman–Crippen LogP) is 2.09. The fourth-order valence-electron chi connectivity index (χ4n) is 0.927. The van der Waals surface area contributed by atoms with E-state index in [0.717, 1.165) is 11.4 Å². The minimum Gasteiger partial charge on any atom is -0.298 e. The van der Waals surface area contributed by atoms with Gasteiger partial charge >= 0.3 is 0 Å². The molecule has 2 nitrogen and oxygen atoms in total. The molecule has 0 amide bonds. The van der Waals surface area contributed by atoms with Crippen molar-refractivity contribution < 1.29 is 0 Å². The van der Waals surface area contributed by atoms with Gasteiger partial charge in [-0.15, -0.1) is 6.42 Å². The molecule has 0 atom stereocenters. The van der Waals surface area contributed by atoms with Crippen LogP contribution in [0.25, 0.3) is 0 Å². The molecule has 0 saturated heterocycles. The van der Waals surface area contributed by atoms with Crippen LogP contribution in [0.1, 0.15) is 5.56 Å². The van der Waals surface area contributed by atoms with Crippen LogP contribution in [0.2, 0.25) is 5.02 Å². The Morgan fingerprint density at radius 2 is 2.14 bits per heavy atom. The van der Waals surface area contributed by atoms with Crippen LogP contribution in [0.5, 0.6) is 0 Å². The van der Waals surface area contributed by atoms with Gasteiger partial charge in [-0.25, -0.2) is 0 Å². The summed E-state index contributed by atoms with van der Waals surface area (Å²) in [6.07, 6.45) is 7.59. The maximum Gasteiger partial charge on any atom is 0.0935 e. The third kappa shape index (κ3) is 3.97. The summed E-state index contributed by atoms with van der Waals surface area (Å²) < 4.78 is 0. The van der Waals surface area contributed by atoms with Gasteiger partial charge in [-0.1, -0.05) is 29.7 Å². The summed E-state index contributed by atoms with van der Waals surface area (Å²) in [6, 6.07) is 7.66. The molecular formula is C11H11ClN2. The molecule has 14 heavy (non-hydrogen) atoms. The monoisotopic (exact) mass is 206 g/mol. The SMILES string of the molecule is C#CCN/N=C/Cc1ccc(Cl)cc1. The van der Waals surface area contributed by atoms with Crippen LogP contribution < -0.4 is 5.43 Å².